The zero-order valence-corrected chi connectivity index (χ0v) is 63.1. The van der Waals surface area contributed by atoms with E-state index in [1.165, 1.54) is 160 Å². The van der Waals surface area contributed by atoms with Crippen LogP contribution in [-0.4, -0.2) is 46.5 Å². The van der Waals surface area contributed by atoms with Crippen molar-refractivity contribution in [2.45, 2.75) is 183 Å². The van der Waals surface area contributed by atoms with E-state index in [4.69, 9.17) is 0 Å². The summed E-state index contributed by atoms with van der Waals surface area (Å²) in [5.41, 5.74) is 4.89. The second-order valence-corrected chi connectivity index (χ2v) is 36.1. The smallest absolute Gasteiger partial charge is 0.263 e. The van der Waals surface area contributed by atoms with Gasteiger partial charge in [0.1, 0.15) is 0 Å². The van der Waals surface area contributed by atoms with Crippen molar-refractivity contribution < 1.29 is 19.2 Å². The molecule has 1 aromatic carbocycles. The largest absolute Gasteiger partial charge is 0.274 e. The molecule has 11 aromatic rings. The SMILES string of the molecule is CCCCCCCCN1C(=O)c2c(-c3cccs3)sc(-c3ccc(-c4cc5c(-c6ccc(CC(CC)CCCC)s6)c6sc(-c7ccc(-c8sc(-c9cccs9)c9c8C(=O)N(CCCCCCCC)C9=O)s7)cc6c(-c6ccc(CC(CC)CCCC)s6)c5s4)s3)c2C1=O. The Hall–Kier alpha value is -4.98. The molecule has 490 valence electrons. The lowest BCUT2D eigenvalue weighted by molar-refractivity contribution is 0.0636. The van der Waals surface area contributed by atoms with Crippen LogP contribution in [0.4, 0.5) is 0 Å². The highest BCUT2D eigenvalue weighted by Gasteiger charge is 2.44. The van der Waals surface area contributed by atoms with Gasteiger partial charge in [0, 0.05) is 103 Å². The van der Waals surface area contributed by atoms with E-state index in [9.17, 15) is 19.2 Å². The van der Waals surface area contributed by atoms with E-state index in [1.54, 1.807) is 68.0 Å². The third-order valence-electron chi connectivity index (χ3n) is 19.1. The minimum Gasteiger partial charge on any atom is -0.274 e. The molecule has 0 N–H and O–H groups in total. The highest BCUT2D eigenvalue weighted by molar-refractivity contribution is 7.32. The quantitative estimate of drug-likeness (QED) is 0.0297. The van der Waals surface area contributed by atoms with Gasteiger partial charge >= 0.3 is 0 Å². The topological polar surface area (TPSA) is 74.8 Å². The van der Waals surface area contributed by atoms with Gasteiger partial charge < -0.3 is 0 Å². The van der Waals surface area contributed by atoms with Crippen LogP contribution in [0.15, 0.2) is 95.7 Å². The number of benzene rings is 1. The number of fused-ring (bicyclic) bond motifs is 4. The molecule has 94 heavy (non-hydrogen) atoms. The van der Waals surface area contributed by atoms with Crippen LogP contribution in [0.25, 0.3) is 99.6 Å². The highest BCUT2D eigenvalue weighted by Crippen LogP contribution is 2.58. The molecule has 10 aromatic heterocycles. The fourth-order valence-electron chi connectivity index (χ4n) is 13.8. The van der Waals surface area contributed by atoms with E-state index in [1.807, 2.05) is 57.5 Å². The molecule has 0 spiro atoms. The molecule has 0 saturated heterocycles. The Morgan fingerprint density at radius 2 is 0.691 bits per heavy atom. The number of hydrogen-bond donors (Lipinski definition) is 0. The van der Waals surface area contributed by atoms with Crippen molar-refractivity contribution >= 4 is 157 Å². The predicted octanol–water partition coefficient (Wildman–Crippen LogP) is 27.4. The molecule has 0 fully saturated rings. The molecule has 13 rings (SSSR count). The first-order chi connectivity index (χ1) is 46.0. The third-order valence-corrected chi connectivity index (χ3v) is 31.1. The Morgan fingerprint density at radius 1 is 0.330 bits per heavy atom. The fourth-order valence-corrected chi connectivity index (χ4v) is 25.5. The average molecular weight is 1430 g/mol. The molecule has 16 heteroatoms. The van der Waals surface area contributed by atoms with E-state index in [-0.39, 0.29) is 23.6 Å². The van der Waals surface area contributed by atoms with Gasteiger partial charge in [0.2, 0.25) is 0 Å². The molecule has 2 aliphatic rings. The number of unbranched alkanes of at least 4 members (excludes halogenated alkanes) is 12. The molecule has 0 bridgehead atoms. The monoisotopic (exact) mass is 1430 g/mol. The van der Waals surface area contributed by atoms with Crippen molar-refractivity contribution in [1.29, 1.82) is 0 Å². The maximum absolute atomic E-state index is 14.7. The van der Waals surface area contributed by atoms with Crippen molar-refractivity contribution in [1.82, 2.24) is 9.80 Å². The van der Waals surface area contributed by atoms with Crippen LogP contribution in [0, 0.1) is 11.8 Å². The minimum atomic E-state index is -0.154. The van der Waals surface area contributed by atoms with Crippen LogP contribution in [0.2, 0.25) is 0 Å². The summed E-state index contributed by atoms with van der Waals surface area (Å²) in [7, 11) is 0. The van der Waals surface area contributed by atoms with Gasteiger partial charge in [-0.25, -0.2) is 0 Å². The molecule has 6 nitrogen and oxygen atoms in total. The van der Waals surface area contributed by atoms with Crippen molar-refractivity contribution in [3.63, 3.8) is 0 Å². The van der Waals surface area contributed by atoms with Crippen LogP contribution < -0.4 is 0 Å². The van der Waals surface area contributed by atoms with Gasteiger partial charge in [-0.15, -0.1) is 113 Å². The number of amides is 4. The van der Waals surface area contributed by atoms with Crippen LogP contribution in [-0.2, 0) is 12.8 Å². The maximum atomic E-state index is 14.7. The first kappa shape index (κ1) is 67.6. The van der Waals surface area contributed by atoms with Gasteiger partial charge in [-0.1, -0.05) is 169 Å². The average Bonchev–Trinajstić information content (AvgIpc) is 1.57. The number of carbonyl (C=O) groups excluding carboxylic acids is 4. The van der Waals surface area contributed by atoms with E-state index in [2.05, 4.69) is 125 Å². The molecule has 2 unspecified atom stereocenters. The number of hydrogen-bond acceptors (Lipinski definition) is 14. The summed E-state index contributed by atoms with van der Waals surface area (Å²) in [6, 6.07) is 31.7. The van der Waals surface area contributed by atoms with E-state index < -0.39 is 0 Å². The second kappa shape index (κ2) is 30.8. The van der Waals surface area contributed by atoms with Crippen LogP contribution in [0.3, 0.4) is 0 Å². The van der Waals surface area contributed by atoms with Gasteiger partial charge in [0.05, 0.1) is 41.8 Å². The van der Waals surface area contributed by atoms with Crippen molar-refractivity contribution in [3.05, 3.63) is 128 Å². The van der Waals surface area contributed by atoms with Gasteiger partial charge in [-0.05, 0) is 121 Å². The van der Waals surface area contributed by atoms with Gasteiger partial charge in [0.25, 0.3) is 23.6 Å². The molecule has 2 aliphatic heterocycles. The Kier molecular flexibility index (Phi) is 22.2. The molecule has 4 amide bonds. The van der Waals surface area contributed by atoms with E-state index in [0.29, 0.717) is 47.2 Å². The number of thiophene rings is 10. The number of rotatable bonds is 34. The second-order valence-electron chi connectivity index (χ2n) is 25.6. The Morgan fingerprint density at radius 3 is 1.06 bits per heavy atom. The number of imide groups is 2. The molecule has 2 atom stereocenters. The summed E-state index contributed by atoms with van der Waals surface area (Å²) in [5, 5.41) is 6.65. The molecular weight excluding hydrogens is 1350 g/mol. The van der Waals surface area contributed by atoms with Crippen molar-refractivity contribution in [3.8, 4) is 79.4 Å². The first-order valence-electron chi connectivity index (χ1n) is 34.6. The standard InChI is InChI=1S/C78H84N2O4S10/c1-7-13-17-19-21-23-39-79-75(81)65-67(77(79)83)73(93-71(65)57-29-25-41-85-57)59-37-35-53(89-59)61-45-51-63(55-33-31-49(87-55)43-47(11-5)27-15-9-3)70-52(64(69(51)91-61)56-34-32-50(88-56)44-48(12-6)28-16-10-4)46-62(92-70)54-36-38-60(90-54)74-68-66(72(94-74)58-30-26-42-86-58)76(82)80(78(68)84)40-24-22-20-18-14-8-2/h25-26,29-38,41-42,45-48H,7-24,27-28,39-40,43-44H2,1-6H3. The number of nitrogens with zero attached hydrogens (tertiary/aromatic N) is 2. The zero-order chi connectivity index (χ0) is 65.0. The van der Waals surface area contributed by atoms with E-state index in [0.717, 1.165) is 100 Å². The van der Waals surface area contributed by atoms with Crippen LogP contribution in [0.5, 0.6) is 0 Å². The fraction of sp³-hybridized carbons (Fsp3) is 0.410. The normalized spacial score (nSPS) is 14.0. The lowest BCUT2D eigenvalue weighted by atomic mass is 9.95. The predicted molar refractivity (Wildman–Crippen MR) is 415 cm³/mol. The van der Waals surface area contributed by atoms with Crippen LogP contribution >= 0.6 is 113 Å². The van der Waals surface area contributed by atoms with Gasteiger partial charge in [-0.3, -0.25) is 29.0 Å². The summed E-state index contributed by atoms with van der Waals surface area (Å²) >= 11 is 17.7. The lowest BCUT2D eigenvalue weighted by Crippen LogP contribution is -2.31. The summed E-state index contributed by atoms with van der Waals surface area (Å²) in [4.78, 5) is 79.2. The molecule has 0 saturated carbocycles. The van der Waals surface area contributed by atoms with Crippen molar-refractivity contribution in [2.24, 2.45) is 11.8 Å². The zero-order valence-electron chi connectivity index (χ0n) is 55.0. The van der Waals surface area contributed by atoms with Crippen molar-refractivity contribution in [2.75, 3.05) is 13.1 Å². The summed E-state index contributed by atoms with van der Waals surface area (Å²) < 4.78 is 2.57. The minimum absolute atomic E-state index is 0.150. The highest BCUT2D eigenvalue weighted by atomic mass is 32.1. The van der Waals surface area contributed by atoms with Gasteiger partial charge in [0.15, 0.2) is 0 Å². The molecule has 12 heterocycles. The van der Waals surface area contributed by atoms with Crippen LogP contribution in [0.1, 0.15) is 221 Å². The summed E-state index contributed by atoms with van der Waals surface area (Å²) in [6.45, 7) is 14.7. The number of carbonyl (C=O) groups is 4. The summed E-state index contributed by atoms with van der Waals surface area (Å²) in [5.74, 6) is 0.678. The van der Waals surface area contributed by atoms with E-state index >= 15 is 0 Å². The maximum Gasteiger partial charge on any atom is 0.263 e. The van der Waals surface area contributed by atoms with Gasteiger partial charge in [-0.2, -0.15) is 0 Å². The lowest BCUT2D eigenvalue weighted by Gasteiger charge is -2.14. The molecular formula is C78H84N2O4S10. The third kappa shape index (κ3) is 13.7. The Bertz CT molecular complexity index is 4110. The molecule has 0 radical (unpaired) electrons. The first-order valence-corrected chi connectivity index (χ1v) is 42.9. The Labute approximate surface area is 595 Å². The summed E-state index contributed by atoms with van der Waals surface area (Å²) in [6.07, 6.45) is 25.0. The Balaban J connectivity index is 0.935. The molecule has 0 aliphatic carbocycles.